The molecule has 114 valence electrons. The lowest BCUT2D eigenvalue weighted by molar-refractivity contribution is -0.141. The molecule has 1 rings (SSSR count). The van der Waals surface area contributed by atoms with Gasteiger partial charge in [0.05, 0.1) is 12.2 Å². The first-order chi connectivity index (χ1) is 9.89. The average Bonchev–Trinajstić information content (AvgIpc) is 2.43. The summed E-state index contributed by atoms with van der Waals surface area (Å²) in [4.78, 5) is 12.7. The summed E-state index contributed by atoms with van der Waals surface area (Å²) >= 11 is 0. The van der Waals surface area contributed by atoms with E-state index in [1.165, 1.54) is 18.2 Å². The number of nitrogens with zero attached hydrogens (tertiary/aromatic N) is 1. The number of carbonyl (C=O) groups excluding carboxylic acids is 1. The number of hydrogen-bond donors (Lipinski definition) is 2. The highest BCUT2D eigenvalue weighted by Crippen LogP contribution is 2.19. The van der Waals surface area contributed by atoms with E-state index in [9.17, 15) is 18.0 Å². The molecule has 0 bridgehead atoms. The van der Waals surface area contributed by atoms with Crippen LogP contribution in [0.1, 0.15) is 15.9 Å². The van der Waals surface area contributed by atoms with Crippen molar-refractivity contribution in [3.8, 4) is 11.8 Å². The van der Waals surface area contributed by atoms with Crippen molar-refractivity contribution in [1.29, 1.82) is 0 Å². The van der Waals surface area contributed by atoms with Gasteiger partial charge in [0.15, 0.2) is 0 Å². The Balaban J connectivity index is 3.09. The topological polar surface area (TPSA) is 60.8 Å². The molecule has 0 aliphatic heterocycles. The van der Waals surface area contributed by atoms with Crippen LogP contribution in [0.4, 0.5) is 13.2 Å². The molecule has 0 atom stereocenters. The van der Waals surface area contributed by atoms with E-state index in [1.54, 1.807) is 6.07 Å². The summed E-state index contributed by atoms with van der Waals surface area (Å²) in [7, 11) is 0. The van der Waals surface area contributed by atoms with Crippen molar-refractivity contribution in [2.45, 2.75) is 6.18 Å². The maximum atomic E-state index is 12.5. The molecule has 0 unspecified atom stereocenters. The molecule has 0 saturated carbocycles. The van der Waals surface area contributed by atoms with Crippen molar-refractivity contribution in [3.05, 3.63) is 35.4 Å². The Labute approximate surface area is 119 Å². The fraction of sp³-hybridized carbons (Fsp3) is 0.357. The van der Waals surface area contributed by atoms with Gasteiger partial charge in [-0.15, -0.1) is 0 Å². The van der Waals surface area contributed by atoms with Crippen molar-refractivity contribution in [2.75, 3.05) is 26.3 Å². The first-order valence-corrected chi connectivity index (χ1v) is 6.04. The second kappa shape index (κ2) is 7.67. The summed E-state index contributed by atoms with van der Waals surface area (Å²) in [6, 6.07) is 5.91. The predicted molar refractivity (Wildman–Crippen MR) is 69.5 cm³/mol. The van der Waals surface area contributed by atoms with Gasteiger partial charge < -0.3 is 15.1 Å². The lowest BCUT2D eigenvalue weighted by Crippen LogP contribution is -2.40. The summed E-state index contributed by atoms with van der Waals surface area (Å²) in [5.41, 5.74) is 0.220. The Morgan fingerprint density at radius 2 is 1.90 bits per heavy atom. The number of aliphatic hydroxyl groups excluding tert-OH is 2. The van der Waals surface area contributed by atoms with E-state index in [4.69, 9.17) is 10.2 Å². The van der Waals surface area contributed by atoms with Crippen LogP contribution < -0.4 is 0 Å². The molecule has 2 N–H and O–H groups in total. The van der Waals surface area contributed by atoms with Crippen LogP contribution in [-0.4, -0.2) is 53.5 Å². The van der Waals surface area contributed by atoms with Gasteiger partial charge in [-0.25, -0.2) is 0 Å². The zero-order valence-corrected chi connectivity index (χ0v) is 11.0. The molecule has 1 aromatic rings. The molecule has 1 amide bonds. The zero-order valence-electron chi connectivity index (χ0n) is 11.0. The predicted octanol–water partition coefficient (Wildman–Crippen LogP) is 1.03. The largest absolute Gasteiger partial charge is 0.406 e. The minimum Gasteiger partial charge on any atom is -0.395 e. The van der Waals surface area contributed by atoms with Gasteiger partial charge >= 0.3 is 6.18 Å². The quantitative estimate of drug-likeness (QED) is 0.817. The van der Waals surface area contributed by atoms with Crippen LogP contribution in [0.25, 0.3) is 0 Å². The SMILES string of the molecule is O=C(c1ccccc1C#CCO)N(CCO)CC(F)(F)F. The lowest BCUT2D eigenvalue weighted by Gasteiger charge is -2.23. The van der Waals surface area contributed by atoms with Crippen LogP contribution >= 0.6 is 0 Å². The summed E-state index contributed by atoms with van der Waals surface area (Å²) in [6.45, 7) is -2.88. The van der Waals surface area contributed by atoms with Crippen molar-refractivity contribution >= 4 is 5.91 Å². The lowest BCUT2D eigenvalue weighted by atomic mass is 10.1. The molecule has 1 aromatic carbocycles. The second-order valence-corrected chi connectivity index (χ2v) is 4.07. The number of rotatable bonds is 4. The summed E-state index contributed by atoms with van der Waals surface area (Å²) in [5.74, 6) is 3.98. The minimum atomic E-state index is -4.56. The van der Waals surface area contributed by atoms with E-state index in [2.05, 4.69) is 11.8 Å². The van der Waals surface area contributed by atoms with Crippen LogP contribution in [0.15, 0.2) is 24.3 Å². The van der Waals surface area contributed by atoms with Gasteiger partial charge in [0.2, 0.25) is 0 Å². The maximum absolute atomic E-state index is 12.5. The molecule has 0 spiro atoms. The maximum Gasteiger partial charge on any atom is 0.406 e. The Kier molecular flexibility index (Phi) is 6.21. The Morgan fingerprint density at radius 1 is 1.24 bits per heavy atom. The highest BCUT2D eigenvalue weighted by atomic mass is 19.4. The Hall–Kier alpha value is -2.04. The van der Waals surface area contributed by atoms with E-state index in [0.29, 0.717) is 4.90 Å². The number of halogens is 3. The monoisotopic (exact) mass is 301 g/mol. The summed E-state index contributed by atoms with van der Waals surface area (Å²) in [5, 5.41) is 17.5. The van der Waals surface area contributed by atoms with Crippen molar-refractivity contribution in [3.63, 3.8) is 0 Å². The third-order valence-electron chi connectivity index (χ3n) is 2.49. The van der Waals surface area contributed by atoms with E-state index in [1.807, 2.05) is 0 Å². The van der Waals surface area contributed by atoms with Gasteiger partial charge in [-0.2, -0.15) is 13.2 Å². The van der Waals surface area contributed by atoms with Crippen molar-refractivity contribution in [1.82, 2.24) is 4.90 Å². The van der Waals surface area contributed by atoms with Crippen LogP contribution in [0.5, 0.6) is 0 Å². The molecule has 4 nitrogen and oxygen atoms in total. The van der Waals surface area contributed by atoms with E-state index in [0.717, 1.165) is 0 Å². The third kappa shape index (κ3) is 5.45. The van der Waals surface area contributed by atoms with Gasteiger partial charge in [0, 0.05) is 12.1 Å². The molecule has 7 heteroatoms. The minimum absolute atomic E-state index is 0.00356. The van der Waals surface area contributed by atoms with Crippen molar-refractivity contribution in [2.24, 2.45) is 0 Å². The van der Waals surface area contributed by atoms with Gasteiger partial charge in [0.1, 0.15) is 13.2 Å². The highest BCUT2D eigenvalue weighted by molar-refractivity contribution is 5.96. The molecule has 0 aliphatic rings. The van der Waals surface area contributed by atoms with E-state index < -0.39 is 38.4 Å². The zero-order chi connectivity index (χ0) is 15.9. The van der Waals surface area contributed by atoms with Gasteiger partial charge in [-0.3, -0.25) is 4.79 Å². The fourth-order valence-electron chi connectivity index (χ4n) is 1.67. The van der Waals surface area contributed by atoms with Crippen LogP contribution in [0, 0.1) is 11.8 Å². The second-order valence-electron chi connectivity index (χ2n) is 4.07. The Bertz CT molecular complexity index is 546. The molecular weight excluding hydrogens is 287 g/mol. The molecule has 21 heavy (non-hydrogen) atoms. The van der Waals surface area contributed by atoms with Crippen LogP contribution in [0.3, 0.4) is 0 Å². The molecule has 0 aromatic heterocycles. The smallest absolute Gasteiger partial charge is 0.395 e. The molecule has 0 saturated heterocycles. The standard InChI is InChI=1S/C14H14F3NO3/c15-14(16,17)10-18(7-9-20)13(21)12-6-2-1-4-11(12)5-3-8-19/h1-2,4,6,19-20H,7-10H2. The molecular formula is C14H14F3NO3. The number of hydrogen-bond acceptors (Lipinski definition) is 3. The number of alkyl halides is 3. The first-order valence-electron chi connectivity index (χ1n) is 6.04. The Morgan fingerprint density at radius 3 is 2.48 bits per heavy atom. The average molecular weight is 301 g/mol. The van der Waals surface area contributed by atoms with Crippen molar-refractivity contribution < 1.29 is 28.2 Å². The van der Waals surface area contributed by atoms with Crippen LogP contribution in [0.2, 0.25) is 0 Å². The number of benzene rings is 1. The molecule has 0 heterocycles. The summed E-state index contributed by atoms with van der Waals surface area (Å²) in [6.07, 6.45) is -4.56. The first kappa shape index (κ1) is 17.0. The van der Waals surface area contributed by atoms with Gasteiger partial charge in [-0.1, -0.05) is 24.0 Å². The number of amides is 1. The number of aliphatic hydroxyl groups is 2. The van der Waals surface area contributed by atoms with Crippen LogP contribution in [-0.2, 0) is 0 Å². The van der Waals surface area contributed by atoms with Gasteiger partial charge in [0.25, 0.3) is 5.91 Å². The molecule has 0 aliphatic carbocycles. The number of carbonyl (C=O) groups is 1. The third-order valence-corrected chi connectivity index (χ3v) is 2.49. The normalized spacial score (nSPS) is 10.7. The van der Waals surface area contributed by atoms with Gasteiger partial charge in [-0.05, 0) is 12.1 Å². The molecule has 0 fully saturated rings. The van der Waals surface area contributed by atoms with E-state index in [-0.39, 0.29) is 11.1 Å². The fourth-order valence-corrected chi connectivity index (χ4v) is 1.67. The molecule has 0 radical (unpaired) electrons. The highest BCUT2D eigenvalue weighted by Gasteiger charge is 2.33. The summed E-state index contributed by atoms with van der Waals surface area (Å²) < 4.78 is 37.4. The van der Waals surface area contributed by atoms with E-state index >= 15 is 0 Å².